The van der Waals surface area contributed by atoms with Gasteiger partial charge in [-0.25, -0.2) is 0 Å². The zero-order chi connectivity index (χ0) is 12.3. The van der Waals surface area contributed by atoms with Crippen LogP contribution in [-0.2, 0) is 0 Å². The molecule has 2 unspecified atom stereocenters. The fourth-order valence-electron chi connectivity index (χ4n) is 1.24. The number of halogens is 1. The van der Waals surface area contributed by atoms with Crippen molar-refractivity contribution in [3.8, 4) is 0 Å². The monoisotopic (exact) mass is 289 g/mol. The highest BCUT2D eigenvalue weighted by Crippen LogP contribution is 2.19. The van der Waals surface area contributed by atoms with Crippen LogP contribution in [0.3, 0.4) is 0 Å². The van der Waals surface area contributed by atoms with Gasteiger partial charge in [0.05, 0.1) is 0 Å². The number of carbonyl (C=O) groups excluding carboxylic acids is 1. The molecule has 0 saturated carbocycles. The van der Waals surface area contributed by atoms with E-state index in [-0.39, 0.29) is 24.5 Å². The van der Waals surface area contributed by atoms with Gasteiger partial charge in [-0.05, 0) is 41.8 Å². The number of carbonyl (C=O) groups is 1. The van der Waals surface area contributed by atoms with E-state index >= 15 is 0 Å². The minimum Gasteiger partial charge on any atom is -0.444 e. The molecule has 2 atom stereocenters. The SMILES string of the molecule is Cc1cc(Br)oc1C(=O)NC(C)C(C)CO. The molecule has 1 aromatic rings. The van der Waals surface area contributed by atoms with Gasteiger partial charge in [-0.3, -0.25) is 4.79 Å². The van der Waals surface area contributed by atoms with Gasteiger partial charge in [0, 0.05) is 18.2 Å². The van der Waals surface area contributed by atoms with Crippen LogP contribution in [0.4, 0.5) is 0 Å². The van der Waals surface area contributed by atoms with Crippen LogP contribution in [0.1, 0.15) is 30.0 Å². The molecule has 0 bridgehead atoms. The van der Waals surface area contributed by atoms with Gasteiger partial charge in [0.1, 0.15) is 0 Å². The molecule has 0 aliphatic carbocycles. The molecule has 4 nitrogen and oxygen atoms in total. The van der Waals surface area contributed by atoms with Crippen LogP contribution in [0.15, 0.2) is 15.2 Å². The van der Waals surface area contributed by atoms with Crippen molar-refractivity contribution in [1.82, 2.24) is 5.32 Å². The first-order valence-corrected chi connectivity index (χ1v) is 5.92. The van der Waals surface area contributed by atoms with Crippen molar-refractivity contribution in [2.45, 2.75) is 26.8 Å². The summed E-state index contributed by atoms with van der Waals surface area (Å²) in [4.78, 5) is 11.8. The van der Waals surface area contributed by atoms with Crippen molar-refractivity contribution in [1.29, 1.82) is 0 Å². The molecular weight excluding hydrogens is 274 g/mol. The van der Waals surface area contributed by atoms with Gasteiger partial charge in [-0.2, -0.15) is 0 Å². The molecule has 0 saturated heterocycles. The first kappa shape index (κ1) is 13.3. The molecule has 0 radical (unpaired) electrons. The number of hydrogen-bond donors (Lipinski definition) is 2. The predicted octanol–water partition coefficient (Wildman–Crippen LogP) is 2.10. The quantitative estimate of drug-likeness (QED) is 0.892. The van der Waals surface area contributed by atoms with Crippen molar-refractivity contribution in [2.24, 2.45) is 5.92 Å². The Bertz CT molecular complexity index is 375. The lowest BCUT2D eigenvalue weighted by molar-refractivity contribution is 0.0886. The Balaban J connectivity index is 2.69. The van der Waals surface area contributed by atoms with Gasteiger partial charge < -0.3 is 14.8 Å². The summed E-state index contributed by atoms with van der Waals surface area (Å²) in [7, 11) is 0. The molecule has 90 valence electrons. The highest BCUT2D eigenvalue weighted by atomic mass is 79.9. The van der Waals surface area contributed by atoms with Crippen molar-refractivity contribution >= 4 is 21.8 Å². The Kier molecular flexibility index (Phi) is 4.56. The van der Waals surface area contributed by atoms with E-state index < -0.39 is 0 Å². The Labute approximate surface area is 103 Å². The van der Waals surface area contributed by atoms with Crippen LogP contribution in [0.5, 0.6) is 0 Å². The molecule has 2 N–H and O–H groups in total. The number of aliphatic hydroxyl groups is 1. The van der Waals surface area contributed by atoms with E-state index in [0.717, 1.165) is 5.56 Å². The van der Waals surface area contributed by atoms with E-state index in [1.807, 2.05) is 20.8 Å². The highest BCUT2D eigenvalue weighted by molar-refractivity contribution is 9.10. The maximum atomic E-state index is 11.8. The van der Waals surface area contributed by atoms with Crippen LogP contribution in [0.2, 0.25) is 0 Å². The van der Waals surface area contributed by atoms with Crippen LogP contribution in [0, 0.1) is 12.8 Å². The average Bonchev–Trinajstić information content (AvgIpc) is 2.56. The van der Waals surface area contributed by atoms with E-state index in [9.17, 15) is 4.79 Å². The summed E-state index contributed by atoms with van der Waals surface area (Å²) in [6, 6.07) is 1.65. The Morgan fingerprint density at radius 2 is 2.25 bits per heavy atom. The normalized spacial score (nSPS) is 14.6. The summed E-state index contributed by atoms with van der Waals surface area (Å²) in [5.74, 6) is 0.0718. The van der Waals surface area contributed by atoms with E-state index in [1.54, 1.807) is 6.07 Å². The molecule has 1 aromatic heterocycles. The molecule has 0 fully saturated rings. The summed E-state index contributed by atoms with van der Waals surface area (Å²) in [5.41, 5.74) is 0.785. The van der Waals surface area contributed by atoms with Crippen LogP contribution < -0.4 is 5.32 Å². The smallest absolute Gasteiger partial charge is 0.287 e. The van der Waals surface area contributed by atoms with Gasteiger partial charge in [0.25, 0.3) is 5.91 Å². The zero-order valence-corrected chi connectivity index (χ0v) is 11.2. The van der Waals surface area contributed by atoms with E-state index in [1.165, 1.54) is 0 Å². The summed E-state index contributed by atoms with van der Waals surface area (Å²) >= 11 is 3.17. The second-order valence-electron chi connectivity index (χ2n) is 3.98. The molecule has 0 aliphatic heterocycles. The number of aryl methyl sites for hydroxylation is 1. The van der Waals surface area contributed by atoms with E-state index in [4.69, 9.17) is 9.52 Å². The van der Waals surface area contributed by atoms with Crippen LogP contribution >= 0.6 is 15.9 Å². The van der Waals surface area contributed by atoms with Gasteiger partial charge in [-0.15, -0.1) is 0 Å². The molecule has 16 heavy (non-hydrogen) atoms. The minimum atomic E-state index is -0.254. The molecule has 0 aliphatic rings. The van der Waals surface area contributed by atoms with Gasteiger partial charge in [-0.1, -0.05) is 6.92 Å². The topological polar surface area (TPSA) is 62.5 Å². The van der Waals surface area contributed by atoms with Crippen molar-refractivity contribution in [3.05, 3.63) is 22.1 Å². The predicted molar refractivity (Wildman–Crippen MR) is 64.3 cm³/mol. The molecule has 0 spiro atoms. The molecule has 1 heterocycles. The Morgan fingerprint density at radius 1 is 1.62 bits per heavy atom. The number of amides is 1. The molecular formula is C11H16BrNO3. The lowest BCUT2D eigenvalue weighted by Crippen LogP contribution is -2.38. The number of hydrogen-bond acceptors (Lipinski definition) is 3. The third-order valence-electron chi connectivity index (χ3n) is 2.59. The fourth-order valence-corrected chi connectivity index (χ4v) is 1.75. The maximum absolute atomic E-state index is 11.8. The first-order valence-electron chi connectivity index (χ1n) is 5.13. The largest absolute Gasteiger partial charge is 0.444 e. The lowest BCUT2D eigenvalue weighted by Gasteiger charge is -2.18. The minimum absolute atomic E-state index is 0.0164. The summed E-state index contributed by atoms with van der Waals surface area (Å²) in [5, 5.41) is 11.8. The standard InChI is InChI=1S/C11H16BrNO3/c1-6-4-9(12)16-10(6)11(15)13-8(3)7(2)5-14/h4,7-8,14H,5H2,1-3H3,(H,13,15). The number of furan rings is 1. The zero-order valence-electron chi connectivity index (χ0n) is 9.58. The molecule has 1 rings (SSSR count). The highest BCUT2D eigenvalue weighted by Gasteiger charge is 2.19. The van der Waals surface area contributed by atoms with Gasteiger partial charge in [0.15, 0.2) is 10.4 Å². The third-order valence-corrected chi connectivity index (χ3v) is 2.99. The number of rotatable bonds is 4. The average molecular weight is 290 g/mol. The van der Waals surface area contributed by atoms with Gasteiger partial charge in [0.2, 0.25) is 0 Å². The first-order chi connectivity index (χ1) is 7.45. The molecule has 0 aromatic carbocycles. The Morgan fingerprint density at radius 3 is 2.69 bits per heavy atom. The number of aliphatic hydroxyl groups excluding tert-OH is 1. The molecule has 1 amide bonds. The fraction of sp³-hybridized carbons (Fsp3) is 0.545. The van der Waals surface area contributed by atoms with Crippen LogP contribution in [-0.4, -0.2) is 23.7 Å². The van der Waals surface area contributed by atoms with Crippen molar-refractivity contribution in [3.63, 3.8) is 0 Å². The lowest BCUT2D eigenvalue weighted by atomic mass is 10.1. The van der Waals surface area contributed by atoms with Crippen molar-refractivity contribution in [2.75, 3.05) is 6.61 Å². The summed E-state index contributed by atoms with van der Waals surface area (Å²) < 4.78 is 5.77. The second-order valence-corrected chi connectivity index (χ2v) is 4.77. The van der Waals surface area contributed by atoms with Crippen LogP contribution in [0.25, 0.3) is 0 Å². The van der Waals surface area contributed by atoms with E-state index in [0.29, 0.717) is 10.4 Å². The second kappa shape index (κ2) is 5.50. The van der Waals surface area contributed by atoms with Gasteiger partial charge >= 0.3 is 0 Å². The third kappa shape index (κ3) is 3.09. The Hall–Kier alpha value is -0.810. The van der Waals surface area contributed by atoms with E-state index in [2.05, 4.69) is 21.2 Å². The maximum Gasteiger partial charge on any atom is 0.287 e. The molecule has 5 heteroatoms. The summed E-state index contributed by atoms with van der Waals surface area (Å²) in [6.45, 7) is 5.58. The van der Waals surface area contributed by atoms with Crippen molar-refractivity contribution < 1.29 is 14.3 Å². The number of nitrogens with one attached hydrogen (secondary N) is 1. The summed E-state index contributed by atoms with van der Waals surface area (Å²) in [6.07, 6.45) is 0.